The van der Waals surface area contributed by atoms with E-state index in [1.165, 1.54) is 4.31 Å². The van der Waals surface area contributed by atoms with Crippen LogP contribution < -0.4 is 9.62 Å². The van der Waals surface area contributed by atoms with Crippen LogP contribution >= 0.6 is 11.6 Å². The summed E-state index contributed by atoms with van der Waals surface area (Å²) in [6.07, 6.45) is 0.893. The maximum atomic E-state index is 12.5. The molecule has 1 N–H and O–H groups in total. The number of hydrogen-bond acceptors (Lipinski definition) is 3. The first-order valence-electron chi connectivity index (χ1n) is 8.05. The zero-order valence-electron chi connectivity index (χ0n) is 13.6. The molecule has 0 radical (unpaired) electrons. The number of anilines is 1. The van der Waals surface area contributed by atoms with Crippen molar-refractivity contribution in [2.24, 2.45) is 0 Å². The molecule has 0 aliphatic carbocycles. The number of hydrogen-bond donors (Lipinski definition) is 1. The lowest BCUT2D eigenvalue weighted by Crippen LogP contribution is -2.37. The van der Waals surface area contributed by atoms with Gasteiger partial charge in [0.2, 0.25) is 15.9 Å². The van der Waals surface area contributed by atoms with Crippen molar-refractivity contribution in [3.63, 3.8) is 0 Å². The third-order valence-corrected chi connectivity index (χ3v) is 6.12. The van der Waals surface area contributed by atoms with Gasteiger partial charge in [0.15, 0.2) is 0 Å². The molecule has 3 rings (SSSR count). The summed E-state index contributed by atoms with van der Waals surface area (Å²) in [6.45, 7) is 0.540. The van der Waals surface area contributed by atoms with Crippen molar-refractivity contribution in [2.45, 2.75) is 12.8 Å². The van der Waals surface area contributed by atoms with E-state index in [4.69, 9.17) is 11.6 Å². The third kappa shape index (κ3) is 4.32. The molecule has 1 aliphatic heterocycles. The van der Waals surface area contributed by atoms with Crippen LogP contribution in [-0.2, 0) is 27.7 Å². The molecule has 5 nitrogen and oxygen atoms in total. The number of carbonyl (C=O) groups is 1. The largest absolute Gasteiger partial charge is 0.355 e. The lowest BCUT2D eigenvalue weighted by atomic mass is 10.1. The predicted molar refractivity (Wildman–Crippen MR) is 99.4 cm³/mol. The molecule has 0 bridgehead atoms. The van der Waals surface area contributed by atoms with Crippen LogP contribution in [0.3, 0.4) is 0 Å². The molecule has 0 fully saturated rings. The van der Waals surface area contributed by atoms with Gasteiger partial charge in [0.25, 0.3) is 0 Å². The fourth-order valence-electron chi connectivity index (χ4n) is 2.92. The molecule has 0 atom stereocenters. The molecule has 1 heterocycles. The minimum atomic E-state index is -3.45. The molecule has 0 aromatic heterocycles. The molecular formula is C18H19ClN2O3S. The first-order chi connectivity index (χ1) is 12.0. The number of rotatable bonds is 6. The monoisotopic (exact) mass is 378 g/mol. The molecule has 0 unspecified atom stereocenters. The van der Waals surface area contributed by atoms with Crippen molar-refractivity contribution in [1.82, 2.24) is 5.32 Å². The summed E-state index contributed by atoms with van der Waals surface area (Å²) in [6, 6.07) is 14.5. The molecule has 2 aromatic carbocycles. The minimum Gasteiger partial charge on any atom is -0.355 e. The molecule has 1 aliphatic rings. The Balaban J connectivity index is 1.54. The normalized spacial score (nSPS) is 13.6. The van der Waals surface area contributed by atoms with Gasteiger partial charge in [0.05, 0.1) is 17.9 Å². The Morgan fingerprint density at radius 2 is 1.96 bits per heavy atom. The maximum absolute atomic E-state index is 12.5. The van der Waals surface area contributed by atoms with E-state index in [1.54, 1.807) is 18.2 Å². The minimum absolute atomic E-state index is 0.0837. The first kappa shape index (κ1) is 17.8. The Labute approximate surface area is 152 Å². The first-order valence-corrected chi connectivity index (χ1v) is 10.0. The van der Waals surface area contributed by atoms with Crippen molar-refractivity contribution in [3.8, 4) is 0 Å². The van der Waals surface area contributed by atoms with Gasteiger partial charge in [0.1, 0.15) is 0 Å². The Hall–Kier alpha value is -2.05. The highest BCUT2D eigenvalue weighted by atomic mass is 35.5. The summed E-state index contributed by atoms with van der Waals surface area (Å²) in [4.78, 5) is 12.0. The Bertz CT molecular complexity index is 883. The fraction of sp³-hybridized carbons (Fsp3) is 0.278. The summed E-state index contributed by atoms with van der Waals surface area (Å²) < 4.78 is 26.5. The molecule has 132 valence electrons. The van der Waals surface area contributed by atoms with Crippen molar-refractivity contribution in [2.75, 3.05) is 23.1 Å². The highest BCUT2D eigenvalue weighted by molar-refractivity contribution is 7.92. The van der Waals surface area contributed by atoms with Crippen LogP contribution in [0.25, 0.3) is 0 Å². The SMILES string of the molecule is O=C(Cc1cccc(Cl)c1)NCCS(=O)(=O)N1CCc2ccccc21. The number of benzene rings is 2. The summed E-state index contributed by atoms with van der Waals surface area (Å²) in [5, 5.41) is 3.24. The number of nitrogens with zero attached hydrogens (tertiary/aromatic N) is 1. The predicted octanol–water partition coefficient (Wildman–Crippen LogP) is 2.39. The van der Waals surface area contributed by atoms with Crippen LogP contribution in [-0.4, -0.2) is 33.2 Å². The van der Waals surface area contributed by atoms with E-state index < -0.39 is 10.0 Å². The third-order valence-electron chi connectivity index (χ3n) is 4.12. The Kier molecular flexibility index (Phi) is 5.30. The molecule has 2 aromatic rings. The van der Waals surface area contributed by atoms with Crippen LogP contribution in [0.1, 0.15) is 11.1 Å². The number of carbonyl (C=O) groups excluding carboxylic acids is 1. The van der Waals surface area contributed by atoms with E-state index in [0.29, 0.717) is 11.6 Å². The van der Waals surface area contributed by atoms with Gasteiger partial charge in [-0.15, -0.1) is 0 Å². The number of fused-ring (bicyclic) bond motifs is 1. The number of amides is 1. The molecular weight excluding hydrogens is 360 g/mol. The van der Waals surface area contributed by atoms with E-state index in [1.807, 2.05) is 30.3 Å². The molecule has 7 heteroatoms. The standard InChI is InChI=1S/C18H19ClN2O3S/c19-16-6-3-4-14(12-16)13-18(22)20-9-11-25(23,24)21-10-8-15-5-1-2-7-17(15)21/h1-7,12H,8-11,13H2,(H,20,22). The lowest BCUT2D eigenvalue weighted by molar-refractivity contribution is -0.120. The average Bonchev–Trinajstić information content (AvgIpc) is 2.99. The average molecular weight is 379 g/mol. The maximum Gasteiger partial charge on any atom is 0.236 e. The van der Waals surface area contributed by atoms with Gasteiger partial charge >= 0.3 is 0 Å². The summed E-state index contributed by atoms with van der Waals surface area (Å²) >= 11 is 5.89. The highest BCUT2D eigenvalue weighted by Crippen LogP contribution is 2.29. The van der Waals surface area contributed by atoms with E-state index in [9.17, 15) is 13.2 Å². The van der Waals surface area contributed by atoms with Crippen LogP contribution in [0.4, 0.5) is 5.69 Å². The summed E-state index contributed by atoms with van der Waals surface area (Å²) in [5.74, 6) is -0.345. The zero-order chi connectivity index (χ0) is 17.9. The van der Waals surface area contributed by atoms with Crippen LogP contribution in [0, 0.1) is 0 Å². The second kappa shape index (κ2) is 7.45. The number of halogens is 1. The second-order valence-electron chi connectivity index (χ2n) is 5.92. The van der Waals surface area contributed by atoms with Crippen molar-refractivity contribution in [3.05, 3.63) is 64.7 Å². The van der Waals surface area contributed by atoms with Gasteiger partial charge in [-0.2, -0.15) is 0 Å². The van der Waals surface area contributed by atoms with Crippen LogP contribution in [0.15, 0.2) is 48.5 Å². The topological polar surface area (TPSA) is 66.5 Å². The Morgan fingerprint density at radius 1 is 1.16 bits per heavy atom. The molecule has 0 saturated heterocycles. The van der Waals surface area contributed by atoms with E-state index in [-0.39, 0.29) is 24.6 Å². The van der Waals surface area contributed by atoms with E-state index >= 15 is 0 Å². The van der Waals surface area contributed by atoms with Crippen molar-refractivity contribution < 1.29 is 13.2 Å². The molecule has 1 amide bonds. The molecule has 0 saturated carbocycles. The van der Waals surface area contributed by atoms with E-state index in [2.05, 4.69) is 5.32 Å². The number of para-hydroxylation sites is 1. The Morgan fingerprint density at radius 3 is 2.76 bits per heavy atom. The summed E-state index contributed by atoms with van der Waals surface area (Å²) in [5.41, 5.74) is 2.57. The van der Waals surface area contributed by atoms with E-state index in [0.717, 1.165) is 23.2 Å². The van der Waals surface area contributed by atoms with Gasteiger partial charge in [-0.1, -0.05) is 41.9 Å². The smallest absolute Gasteiger partial charge is 0.236 e. The van der Waals surface area contributed by atoms with Crippen LogP contribution in [0.5, 0.6) is 0 Å². The van der Waals surface area contributed by atoms with Gasteiger partial charge in [-0.25, -0.2) is 8.42 Å². The van der Waals surface area contributed by atoms with Gasteiger partial charge in [-0.3, -0.25) is 9.10 Å². The number of nitrogens with one attached hydrogen (secondary N) is 1. The van der Waals surface area contributed by atoms with Gasteiger partial charge in [-0.05, 0) is 35.7 Å². The van der Waals surface area contributed by atoms with Gasteiger partial charge in [0, 0.05) is 18.1 Å². The molecule has 25 heavy (non-hydrogen) atoms. The number of sulfonamides is 1. The quantitative estimate of drug-likeness (QED) is 0.839. The van der Waals surface area contributed by atoms with Crippen molar-refractivity contribution >= 4 is 33.2 Å². The second-order valence-corrected chi connectivity index (χ2v) is 8.37. The fourth-order valence-corrected chi connectivity index (χ4v) is 4.56. The van der Waals surface area contributed by atoms with Crippen molar-refractivity contribution in [1.29, 1.82) is 0 Å². The van der Waals surface area contributed by atoms with Gasteiger partial charge < -0.3 is 5.32 Å². The zero-order valence-corrected chi connectivity index (χ0v) is 15.2. The molecule has 0 spiro atoms. The summed E-state index contributed by atoms with van der Waals surface area (Å²) in [7, 11) is -3.45. The highest BCUT2D eigenvalue weighted by Gasteiger charge is 2.28. The lowest BCUT2D eigenvalue weighted by Gasteiger charge is -2.19. The van der Waals surface area contributed by atoms with Crippen LogP contribution in [0.2, 0.25) is 5.02 Å².